The molecule has 0 aliphatic rings. The van der Waals surface area contributed by atoms with Gasteiger partial charge in [-0.05, 0) is 29.1 Å². The number of nitrogens with zero attached hydrogens (tertiary/aromatic N) is 1. The Bertz CT molecular complexity index is 1340. The molecular formula is C25H20F3N3O4. The van der Waals surface area contributed by atoms with Gasteiger partial charge >= 0.3 is 12.1 Å². The second-order valence-corrected chi connectivity index (χ2v) is 7.79. The van der Waals surface area contributed by atoms with E-state index in [1.54, 1.807) is 18.2 Å². The van der Waals surface area contributed by atoms with Gasteiger partial charge in [0.15, 0.2) is 0 Å². The number of H-pyrrole nitrogens is 1. The normalized spacial score (nSPS) is 12.3. The van der Waals surface area contributed by atoms with Crippen LogP contribution in [-0.2, 0) is 24.0 Å². The maximum atomic E-state index is 13.1. The van der Waals surface area contributed by atoms with E-state index in [1.165, 1.54) is 30.7 Å². The summed E-state index contributed by atoms with van der Waals surface area (Å²) in [6.07, 6.45) is -1.57. The number of hydrogen-bond donors (Lipinski definition) is 3. The fraction of sp³-hybridized carbons (Fsp3) is 0.160. The van der Waals surface area contributed by atoms with E-state index >= 15 is 0 Å². The summed E-state index contributed by atoms with van der Waals surface area (Å²) in [5.41, 5.74) is 0.338. The SMILES string of the molecule is O=C(N[C@@H](Cc1cnc[nH]1)C(=O)O)c1ccc2ccccc2c1OCc1ccc(C(F)(F)F)cc1. The summed E-state index contributed by atoms with van der Waals surface area (Å²) >= 11 is 0. The lowest BCUT2D eigenvalue weighted by atomic mass is 10.0. The molecule has 0 saturated heterocycles. The van der Waals surface area contributed by atoms with Gasteiger partial charge in [-0.2, -0.15) is 13.2 Å². The molecular weight excluding hydrogens is 463 g/mol. The number of aromatic amines is 1. The van der Waals surface area contributed by atoms with Gasteiger partial charge in [-0.1, -0.05) is 42.5 Å². The van der Waals surface area contributed by atoms with Gasteiger partial charge in [-0.25, -0.2) is 9.78 Å². The minimum Gasteiger partial charge on any atom is -0.487 e. The zero-order valence-electron chi connectivity index (χ0n) is 18.2. The van der Waals surface area contributed by atoms with Crippen LogP contribution in [0.25, 0.3) is 10.8 Å². The summed E-state index contributed by atoms with van der Waals surface area (Å²) in [6, 6.07) is 13.7. The molecule has 3 aromatic carbocycles. The van der Waals surface area contributed by atoms with Gasteiger partial charge in [0.25, 0.3) is 5.91 Å². The maximum absolute atomic E-state index is 13.1. The number of amides is 1. The molecule has 7 nitrogen and oxygen atoms in total. The molecule has 1 heterocycles. The van der Waals surface area contributed by atoms with Crippen molar-refractivity contribution in [2.24, 2.45) is 0 Å². The lowest BCUT2D eigenvalue weighted by molar-refractivity contribution is -0.139. The van der Waals surface area contributed by atoms with Gasteiger partial charge in [0.05, 0.1) is 17.5 Å². The molecule has 1 atom stereocenters. The Morgan fingerprint density at radius 3 is 2.46 bits per heavy atom. The molecule has 0 aliphatic heterocycles. The van der Waals surface area contributed by atoms with E-state index in [4.69, 9.17) is 4.74 Å². The summed E-state index contributed by atoms with van der Waals surface area (Å²) < 4.78 is 44.5. The van der Waals surface area contributed by atoms with Crippen molar-refractivity contribution >= 4 is 22.6 Å². The van der Waals surface area contributed by atoms with E-state index in [2.05, 4.69) is 15.3 Å². The number of aromatic nitrogens is 2. The summed E-state index contributed by atoms with van der Waals surface area (Å²) in [5.74, 6) is -1.68. The molecule has 0 fully saturated rings. The first-order valence-electron chi connectivity index (χ1n) is 10.5. The van der Waals surface area contributed by atoms with Crippen LogP contribution in [0.3, 0.4) is 0 Å². The second kappa shape index (κ2) is 9.88. The number of alkyl halides is 3. The number of carboxylic acid groups (broad SMARTS) is 1. The highest BCUT2D eigenvalue weighted by Crippen LogP contribution is 2.32. The lowest BCUT2D eigenvalue weighted by Gasteiger charge is -2.18. The van der Waals surface area contributed by atoms with Gasteiger partial charge in [0, 0.05) is 23.7 Å². The van der Waals surface area contributed by atoms with Crippen molar-refractivity contribution in [3.8, 4) is 5.75 Å². The van der Waals surface area contributed by atoms with E-state index in [0.717, 1.165) is 17.5 Å². The molecule has 1 aromatic heterocycles. The molecule has 0 bridgehead atoms. The van der Waals surface area contributed by atoms with Crippen LogP contribution < -0.4 is 10.1 Å². The van der Waals surface area contributed by atoms with Crippen LogP contribution in [0.5, 0.6) is 5.75 Å². The predicted molar refractivity (Wildman–Crippen MR) is 121 cm³/mol. The number of fused-ring (bicyclic) bond motifs is 1. The first kappa shape index (κ1) is 23.8. The monoisotopic (exact) mass is 483 g/mol. The van der Waals surface area contributed by atoms with Crippen molar-refractivity contribution in [3.63, 3.8) is 0 Å². The topological polar surface area (TPSA) is 104 Å². The van der Waals surface area contributed by atoms with Crippen molar-refractivity contribution in [1.29, 1.82) is 0 Å². The smallest absolute Gasteiger partial charge is 0.416 e. The molecule has 0 saturated carbocycles. The molecule has 0 aliphatic carbocycles. The van der Waals surface area contributed by atoms with E-state index in [9.17, 15) is 27.9 Å². The Hall–Kier alpha value is -4.34. The molecule has 0 spiro atoms. The molecule has 180 valence electrons. The highest BCUT2D eigenvalue weighted by molar-refractivity contribution is 6.04. The average molecular weight is 483 g/mol. The Labute approximate surface area is 197 Å². The molecule has 1 amide bonds. The quantitative estimate of drug-likeness (QED) is 0.340. The van der Waals surface area contributed by atoms with Crippen molar-refractivity contribution in [3.05, 3.63) is 95.6 Å². The Balaban J connectivity index is 1.60. The first-order valence-corrected chi connectivity index (χ1v) is 10.5. The summed E-state index contributed by atoms with van der Waals surface area (Å²) in [7, 11) is 0. The van der Waals surface area contributed by atoms with Crippen LogP contribution in [0.4, 0.5) is 13.2 Å². The van der Waals surface area contributed by atoms with E-state index in [0.29, 0.717) is 16.6 Å². The van der Waals surface area contributed by atoms with Crippen LogP contribution >= 0.6 is 0 Å². The number of carbonyl (C=O) groups is 2. The molecule has 35 heavy (non-hydrogen) atoms. The van der Waals surface area contributed by atoms with Gasteiger partial charge in [-0.15, -0.1) is 0 Å². The standard InChI is InChI=1S/C25H20F3N3O4/c26-25(27,28)17-8-5-15(6-9-17)13-35-22-19-4-2-1-3-16(19)7-10-20(22)23(32)31-21(24(33)34)11-18-12-29-14-30-18/h1-10,12,14,21H,11,13H2,(H,29,30)(H,31,32)(H,33,34)/t21-/m0/s1. The number of nitrogens with one attached hydrogen (secondary N) is 2. The zero-order valence-corrected chi connectivity index (χ0v) is 18.2. The number of carboxylic acids is 1. The maximum Gasteiger partial charge on any atom is 0.416 e. The molecule has 10 heteroatoms. The van der Waals surface area contributed by atoms with Crippen LogP contribution in [-0.4, -0.2) is 33.0 Å². The minimum absolute atomic E-state index is 0.00357. The number of aliphatic carboxylic acids is 1. The third kappa shape index (κ3) is 5.60. The summed E-state index contributed by atoms with van der Waals surface area (Å²) in [5, 5.41) is 13.5. The number of halogens is 3. The van der Waals surface area contributed by atoms with Crippen LogP contribution in [0.1, 0.15) is 27.2 Å². The molecule has 3 N–H and O–H groups in total. The number of hydrogen-bond acceptors (Lipinski definition) is 4. The van der Waals surface area contributed by atoms with Crippen LogP contribution in [0, 0.1) is 0 Å². The van der Waals surface area contributed by atoms with Crippen molar-refractivity contribution in [2.75, 3.05) is 0 Å². The average Bonchev–Trinajstić information content (AvgIpc) is 3.34. The van der Waals surface area contributed by atoms with Crippen LogP contribution in [0.2, 0.25) is 0 Å². The highest BCUT2D eigenvalue weighted by Gasteiger charge is 2.30. The number of ether oxygens (including phenoxy) is 1. The van der Waals surface area contributed by atoms with Crippen molar-refractivity contribution < 1.29 is 32.6 Å². The van der Waals surface area contributed by atoms with Gasteiger partial charge in [-0.3, -0.25) is 4.79 Å². The molecule has 0 radical (unpaired) electrons. The van der Waals surface area contributed by atoms with Crippen molar-refractivity contribution in [1.82, 2.24) is 15.3 Å². The minimum atomic E-state index is -4.45. The fourth-order valence-electron chi connectivity index (χ4n) is 3.58. The van der Waals surface area contributed by atoms with Gasteiger partial charge in [0.1, 0.15) is 18.4 Å². The first-order chi connectivity index (χ1) is 16.7. The largest absolute Gasteiger partial charge is 0.487 e. The Morgan fingerprint density at radius 2 is 1.80 bits per heavy atom. The molecule has 0 unspecified atom stereocenters. The highest BCUT2D eigenvalue weighted by atomic mass is 19.4. The number of rotatable bonds is 8. The van der Waals surface area contributed by atoms with E-state index in [1.807, 2.05) is 12.1 Å². The second-order valence-electron chi connectivity index (χ2n) is 7.79. The Morgan fingerprint density at radius 1 is 1.06 bits per heavy atom. The molecule has 4 aromatic rings. The summed E-state index contributed by atoms with van der Waals surface area (Å²) in [6.45, 7) is -0.0943. The number of benzene rings is 3. The zero-order chi connectivity index (χ0) is 25.0. The van der Waals surface area contributed by atoms with E-state index in [-0.39, 0.29) is 24.3 Å². The van der Waals surface area contributed by atoms with Crippen molar-refractivity contribution in [2.45, 2.75) is 25.2 Å². The van der Waals surface area contributed by atoms with Gasteiger partial charge < -0.3 is 20.1 Å². The third-order valence-electron chi connectivity index (χ3n) is 5.37. The fourth-order valence-corrected chi connectivity index (χ4v) is 3.58. The van der Waals surface area contributed by atoms with Crippen LogP contribution in [0.15, 0.2) is 73.2 Å². The number of carbonyl (C=O) groups excluding carboxylic acids is 1. The van der Waals surface area contributed by atoms with Gasteiger partial charge in [0.2, 0.25) is 0 Å². The third-order valence-corrected chi connectivity index (χ3v) is 5.37. The molecule has 4 rings (SSSR count). The van der Waals surface area contributed by atoms with E-state index < -0.39 is 29.7 Å². The predicted octanol–water partition coefficient (Wildman–Crippen LogP) is 4.59. The Kier molecular flexibility index (Phi) is 6.72. The summed E-state index contributed by atoms with van der Waals surface area (Å²) in [4.78, 5) is 31.5. The lowest BCUT2D eigenvalue weighted by Crippen LogP contribution is -2.42. The number of imidazole rings is 1.